The van der Waals surface area contributed by atoms with E-state index in [9.17, 15) is 26.3 Å². The van der Waals surface area contributed by atoms with E-state index in [4.69, 9.17) is 16.2 Å². The number of benzene rings is 3. The highest BCUT2D eigenvalue weighted by Crippen LogP contribution is 2.56. The molecule has 0 spiro atoms. The van der Waals surface area contributed by atoms with Gasteiger partial charge in [0.2, 0.25) is 5.41 Å². The van der Waals surface area contributed by atoms with Crippen LogP contribution in [0, 0.1) is 0 Å². The van der Waals surface area contributed by atoms with Crippen LogP contribution in [0.4, 0.5) is 37.7 Å². The third kappa shape index (κ3) is 3.74. The Balaban J connectivity index is 2.11. The van der Waals surface area contributed by atoms with Crippen LogP contribution in [-0.2, 0) is 5.41 Å². The molecule has 158 valence electrons. The first-order valence-corrected chi connectivity index (χ1v) is 8.58. The van der Waals surface area contributed by atoms with Crippen molar-refractivity contribution in [2.75, 3.05) is 11.5 Å². The minimum absolute atomic E-state index is 0.0443. The summed E-state index contributed by atoms with van der Waals surface area (Å²) in [6, 6.07) is 13.3. The van der Waals surface area contributed by atoms with Gasteiger partial charge in [-0.05, 0) is 47.5 Å². The van der Waals surface area contributed by atoms with Gasteiger partial charge in [0.1, 0.15) is 11.5 Å². The van der Waals surface area contributed by atoms with Crippen LogP contribution < -0.4 is 16.2 Å². The molecule has 0 radical (unpaired) electrons. The van der Waals surface area contributed by atoms with Crippen molar-refractivity contribution in [1.29, 1.82) is 0 Å². The molecule has 0 bridgehead atoms. The maximum Gasteiger partial charge on any atom is 0.411 e. The van der Waals surface area contributed by atoms with Crippen molar-refractivity contribution < 1.29 is 31.1 Å². The van der Waals surface area contributed by atoms with Crippen LogP contribution in [-0.4, -0.2) is 12.4 Å². The standard InChI is InChI=1S/C21H16F6N2O/c22-20(23,24)19(21(25,26)27,13-4-8-15(28)9-5-13)14-6-10-17(11-7-14)30-18-3-1-2-16(29)12-18/h1-12H,28-29H2. The third-order valence-electron chi connectivity index (χ3n) is 4.58. The fourth-order valence-electron chi connectivity index (χ4n) is 3.20. The Labute approximate surface area is 167 Å². The number of hydrogen-bond donors (Lipinski definition) is 2. The SMILES string of the molecule is Nc1ccc(C(c2ccc(Oc3cccc(N)c3)cc2)(C(F)(F)F)C(F)(F)F)cc1. The molecule has 0 aliphatic carbocycles. The van der Waals surface area contributed by atoms with Crippen molar-refractivity contribution in [1.82, 2.24) is 0 Å². The van der Waals surface area contributed by atoms with Crippen molar-refractivity contribution in [2.24, 2.45) is 0 Å². The molecule has 9 heteroatoms. The summed E-state index contributed by atoms with van der Waals surface area (Å²) in [6.45, 7) is 0. The van der Waals surface area contributed by atoms with E-state index in [1.165, 1.54) is 6.07 Å². The third-order valence-corrected chi connectivity index (χ3v) is 4.58. The molecule has 0 heterocycles. The zero-order valence-electron chi connectivity index (χ0n) is 15.3. The molecule has 3 aromatic rings. The lowest BCUT2D eigenvalue weighted by Crippen LogP contribution is -2.54. The molecule has 0 unspecified atom stereocenters. The Morgan fingerprint density at radius 3 is 1.53 bits per heavy atom. The molecule has 0 amide bonds. The summed E-state index contributed by atoms with van der Waals surface area (Å²) >= 11 is 0. The molecule has 3 nitrogen and oxygen atoms in total. The second-order valence-electron chi connectivity index (χ2n) is 6.57. The number of halogens is 6. The predicted octanol–water partition coefficient (Wildman–Crippen LogP) is 6.05. The van der Waals surface area contributed by atoms with E-state index in [-0.39, 0.29) is 11.4 Å². The van der Waals surface area contributed by atoms with Crippen LogP contribution in [0.3, 0.4) is 0 Å². The Hall–Kier alpha value is -3.36. The van der Waals surface area contributed by atoms with Gasteiger partial charge in [-0.2, -0.15) is 26.3 Å². The summed E-state index contributed by atoms with van der Waals surface area (Å²) in [6.07, 6.45) is -11.3. The second-order valence-corrected chi connectivity index (χ2v) is 6.57. The van der Waals surface area contributed by atoms with Crippen LogP contribution in [0.25, 0.3) is 0 Å². The summed E-state index contributed by atoms with van der Waals surface area (Å²) in [7, 11) is 0. The average Bonchev–Trinajstić information content (AvgIpc) is 2.63. The van der Waals surface area contributed by atoms with E-state index in [0.717, 1.165) is 48.5 Å². The van der Waals surface area contributed by atoms with Gasteiger partial charge in [-0.25, -0.2) is 0 Å². The molecule has 0 aliphatic heterocycles. The van der Waals surface area contributed by atoms with Crippen molar-refractivity contribution >= 4 is 11.4 Å². The lowest BCUT2D eigenvalue weighted by Gasteiger charge is -2.38. The number of anilines is 2. The van der Waals surface area contributed by atoms with E-state index in [1.54, 1.807) is 18.2 Å². The fraction of sp³-hybridized carbons (Fsp3) is 0.143. The average molecular weight is 426 g/mol. The second kappa shape index (κ2) is 7.47. The molecular formula is C21H16F6N2O. The molecule has 0 aromatic heterocycles. The van der Waals surface area contributed by atoms with Gasteiger partial charge >= 0.3 is 12.4 Å². The van der Waals surface area contributed by atoms with Gasteiger partial charge in [-0.1, -0.05) is 30.3 Å². The zero-order valence-corrected chi connectivity index (χ0v) is 15.3. The van der Waals surface area contributed by atoms with E-state index in [0.29, 0.717) is 11.4 Å². The number of alkyl halides is 6. The summed E-state index contributed by atoms with van der Waals surface area (Å²) in [5.41, 5.74) is 5.29. The molecule has 3 rings (SSSR count). The smallest absolute Gasteiger partial charge is 0.411 e. The Morgan fingerprint density at radius 2 is 1.07 bits per heavy atom. The van der Waals surface area contributed by atoms with E-state index in [2.05, 4.69) is 0 Å². The van der Waals surface area contributed by atoms with Crippen LogP contribution in [0.2, 0.25) is 0 Å². The quantitative estimate of drug-likeness (QED) is 0.394. The van der Waals surface area contributed by atoms with Gasteiger partial charge in [-0.15, -0.1) is 0 Å². The number of hydrogen-bond acceptors (Lipinski definition) is 3. The Bertz CT molecular complexity index is 997. The van der Waals surface area contributed by atoms with Crippen molar-refractivity contribution in [3.05, 3.63) is 83.9 Å². The van der Waals surface area contributed by atoms with Gasteiger partial charge in [0, 0.05) is 17.4 Å². The molecule has 0 aliphatic rings. The zero-order chi connectivity index (χ0) is 22.2. The highest BCUT2D eigenvalue weighted by atomic mass is 19.4. The normalized spacial score (nSPS) is 12.6. The van der Waals surface area contributed by atoms with Crippen LogP contribution in [0.1, 0.15) is 11.1 Å². The lowest BCUT2D eigenvalue weighted by molar-refractivity contribution is -0.288. The molecule has 30 heavy (non-hydrogen) atoms. The first-order valence-electron chi connectivity index (χ1n) is 8.58. The van der Waals surface area contributed by atoms with E-state index >= 15 is 0 Å². The highest BCUT2D eigenvalue weighted by Gasteiger charge is 2.72. The summed E-state index contributed by atoms with van der Waals surface area (Å²) in [5.74, 6) is 0.346. The Morgan fingerprint density at radius 1 is 0.567 bits per heavy atom. The lowest BCUT2D eigenvalue weighted by atomic mass is 9.73. The Kier molecular flexibility index (Phi) is 5.32. The first-order chi connectivity index (χ1) is 13.9. The molecular weight excluding hydrogens is 410 g/mol. The van der Waals surface area contributed by atoms with Gasteiger partial charge in [0.05, 0.1) is 0 Å². The summed E-state index contributed by atoms with van der Waals surface area (Å²) < 4.78 is 89.7. The van der Waals surface area contributed by atoms with Crippen molar-refractivity contribution in [3.8, 4) is 11.5 Å². The van der Waals surface area contributed by atoms with E-state index < -0.39 is 28.9 Å². The summed E-state index contributed by atoms with van der Waals surface area (Å²) in [5, 5.41) is 0. The maximum atomic E-state index is 14.0. The summed E-state index contributed by atoms with van der Waals surface area (Å²) in [4.78, 5) is 0. The number of ether oxygens (including phenoxy) is 1. The highest BCUT2D eigenvalue weighted by molar-refractivity contribution is 5.50. The fourth-order valence-corrected chi connectivity index (χ4v) is 3.20. The molecule has 0 saturated heterocycles. The number of nitrogen functional groups attached to an aromatic ring is 2. The van der Waals surface area contributed by atoms with Crippen molar-refractivity contribution in [3.63, 3.8) is 0 Å². The van der Waals surface area contributed by atoms with Gasteiger partial charge in [0.15, 0.2) is 0 Å². The topological polar surface area (TPSA) is 61.3 Å². The molecule has 0 saturated carbocycles. The van der Waals surface area contributed by atoms with Gasteiger partial charge < -0.3 is 16.2 Å². The first kappa shape index (κ1) is 21.4. The van der Waals surface area contributed by atoms with Crippen LogP contribution in [0.5, 0.6) is 11.5 Å². The van der Waals surface area contributed by atoms with Gasteiger partial charge in [-0.3, -0.25) is 0 Å². The number of nitrogens with two attached hydrogens (primary N) is 2. The number of rotatable bonds is 4. The molecule has 3 aromatic carbocycles. The minimum Gasteiger partial charge on any atom is -0.457 e. The minimum atomic E-state index is -5.67. The predicted molar refractivity (Wildman–Crippen MR) is 101 cm³/mol. The van der Waals surface area contributed by atoms with Gasteiger partial charge in [0.25, 0.3) is 0 Å². The van der Waals surface area contributed by atoms with Crippen molar-refractivity contribution in [2.45, 2.75) is 17.8 Å². The van der Waals surface area contributed by atoms with E-state index in [1.807, 2.05) is 0 Å². The maximum absolute atomic E-state index is 14.0. The molecule has 0 atom stereocenters. The molecule has 4 N–H and O–H groups in total. The largest absolute Gasteiger partial charge is 0.457 e. The van der Waals surface area contributed by atoms with Crippen LogP contribution in [0.15, 0.2) is 72.8 Å². The van der Waals surface area contributed by atoms with Crippen LogP contribution >= 0.6 is 0 Å². The molecule has 0 fully saturated rings. The monoisotopic (exact) mass is 426 g/mol.